The molecule has 0 saturated heterocycles. The molecule has 1 amide bonds. The van der Waals surface area contributed by atoms with E-state index in [9.17, 15) is 4.79 Å². The molecule has 3 aromatic rings. The van der Waals surface area contributed by atoms with Gasteiger partial charge in [0.15, 0.2) is 0 Å². The lowest BCUT2D eigenvalue weighted by molar-refractivity contribution is 0.102. The summed E-state index contributed by atoms with van der Waals surface area (Å²) in [6.07, 6.45) is 2.91. The van der Waals surface area contributed by atoms with Crippen LogP contribution in [0.4, 0.5) is 5.69 Å². The molecule has 29 heavy (non-hydrogen) atoms. The van der Waals surface area contributed by atoms with Crippen LogP contribution in [0.1, 0.15) is 35.7 Å². The number of benzene rings is 3. The lowest BCUT2D eigenvalue weighted by atomic mass is 10.1. The lowest BCUT2D eigenvalue weighted by Crippen LogP contribution is -2.12. The highest BCUT2D eigenvalue weighted by Gasteiger charge is 2.08. The van der Waals surface area contributed by atoms with E-state index in [1.165, 1.54) is 5.56 Å². The van der Waals surface area contributed by atoms with Gasteiger partial charge in [0.2, 0.25) is 0 Å². The van der Waals surface area contributed by atoms with E-state index in [0.717, 1.165) is 25.0 Å². The van der Waals surface area contributed by atoms with Crippen LogP contribution in [0, 0.1) is 0 Å². The van der Waals surface area contributed by atoms with E-state index in [0.29, 0.717) is 30.2 Å². The van der Waals surface area contributed by atoms with E-state index in [-0.39, 0.29) is 5.91 Å². The quantitative estimate of drug-likeness (QED) is 0.450. The average Bonchev–Trinajstić information content (AvgIpc) is 2.75. The van der Waals surface area contributed by atoms with E-state index in [1.54, 1.807) is 12.1 Å². The van der Waals surface area contributed by atoms with Crippen LogP contribution in [0.25, 0.3) is 0 Å². The predicted octanol–water partition coefficient (Wildman–Crippen LogP) is 5.74. The van der Waals surface area contributed by atoms with E-state index in [2.05, 4.69) is 24.4 Å². The Morgan fingerprint density at radius 1 is 0.828 bits per heavy atom. The molecule has 3 rings (SSSR count). The first-order valence-electron chi connectivity index (χ1n) is 10.1. The number of ether oxygens (including phenoxy) is 2. The SMILES string of the molecule is CCCCOc1cccc(NC(=O)c2cccc(OCCc3ccccc3)c2)c1. The molecule has 0 aromatic heterocycles. The lowest BCUT2D eigenvalue weighted by Gasteiger charge is -2.10. The van der Waals surface area contributed by atoms with Gasteiger partial charge in [0, 0.05) is 23.7 Å². The van der Waals surface area contributed by atoms with Crippen LogP contribution in [0.15, 0.2) is 78.9 Å². The van der Waals surface area contributed by atoms with E-state index < -0.39 is 0 Å². The first-order valence-corrected chi connectivity index (χ1v) is 10.1. The number of hydrogen-bond acceptors (Lipinski definition) is 3. The van der Waals surface area contributed by atoms with Gasteiger partial charge in [-0.1, -0.05) is 55.8 Å². The molecule has 0 unspecified atom stereocenters. The molecule has 4 nitrogen and oxygen atoms in total. The third kappa shape index (κ3) is 6.68. The Kier molecular flexibility index (Phi) is 7.70. The molecule has 0 bridgehead atoms. The summed E-state index contributed by atoms with van der Waals surface area (Å²) in [6.45, 7) is 3.36. The Morgan fingerprint density at radius 2 is 1.55 bits per heavy atom. The summed E-state index contributed by atoms with van der Waals surface area (Å²) < 4.78 is 11.5. The number of amides is 1. The third-order valence-electron chi connectivity index (χ3n) is 4.46. The molecule has 0 spiro atoms. The molecule has 0 radical (unpaired) electrons. The van der Waals surface area contributed by atoms with Crippen molar-refractivity contribution in [1.29, 1.82) is 0 Å². The summed E-state index contributed by atoms with van der Waals surface area (Å²) >= 11 is 0. The number of carbonyl (C=O) groups is 1. The maximum atomic E-state index is 12.6. The minimum Gasteiger partial charge on any atom is -0.494 e. The van der Waals surface area contributed by atoms with Crippen LogP contribution in [-0.4, -0.2) is 19.1 Å². The van der Waals surface area contributed by atoms with E-state index in [4.69, 9.17) is 9.47 Å². The van der Waals surface area contributed by atoms with Gasteiger partial charge in [0.25, 0.3) is 5.91 Å². The standard InChI is InChI=1S/C25H27NO3/c1-2-3-16-28-24-14-8-12-22(19-24)26-25(27)21-11-7-13-23(18-21)29-17-15-20-9-5-4-6-10-20/h4-14,18-19H,2-3,15-17H2,1H3,(H,26,27). The third-order valence-corrected chi connectivity index (χ3v) is 4.46. The highest BCUT2D eigenvalue weighted by Crippen LogP contribution is 2.20. The highest BCUT2D eigenvalue weighted by molar-refractivity contribution is 6.04. The van der Waals surface area contributed by atoms with Gasteiger partial charge in [-0.15, -0.1) is 0 Å². The van der Waals surface area contributed by atoms with Crippen molar-refractivity contribution in [2.75, 3.05) is 18.5 Å². The van der Waals surface area contributed by atoms with Gasteiger partial charge in [-0.25, -0.2) is 0 Å². The zero-order valence-electron chi connectivity index (χ0n) is 16.8. The van der Waals surface area contributed by atoms with Crippen LogP contribution in [0.3, 0.4) is 0 Å². The van der Waals surface area contributed by atoms with Gasteiger partial charge in [-0.2, -0.15) is 0 Å². The number of unbranched alkanes of at least 4 members (excludes halogenated alkanes) is 1. The second-order valence-electron chi connectivity index (χ2n) is 6.80. The molecular formula is C25H27NO3. The predicted molar refractivity (Wildman–Crippen MR) is 117 cm³/mol. The number of hydrogen-bond donors (Lipinski definition) is 1. The number of anilines is 1. The number of nitrogens with one attached hydrogen (secondary N) is 1. The molecule has 0 aliphatic heterocycles. The van der Waals surface area contributed by atoms with Crippen LogP contribution in [0.5, 0.6) is 11.5 Å². The largest absolute Gasteiger partial charge is 0.494 e. The van der Waals surface area contributed by atoms with E-state index in [1.807, 2.05) is 54.6 Å². The van der Waals surface area contributed by atoms with Crippen LogP contribution in [-0.2, 0) is 6.42 Å². The van der Waals surface area contributed by atoms with Crippen molar-refractivity contribution in [2.45, 2.75) is 26.2 Å². The van der Waals surface area contributed by atoms with E-state index >= 15 is 0 Å². The monoisotopic (exact) mass is 389 g/mol. The van der Waals surface area contributed by atoms with Crippen LogP contribution in [0.2, 0.25) is 0 Å². The van der Waals surface area contributed by atoms with Gasteiger partial charge in [0.05, 0.1) is 13.2 Å². The van der Waals surface area contributed by atoms with Crippen molar-refractivity contribution in [3.8, 4) is 11.5 Å². The number of rotatable bonds is 10. The molecule has 0 aliphatic rings. The van der Waals surface area contributed by atoms with Crippen molar-refractivity contribution >= 4 is 11.6 Å². The summed E-state index contributed by atoms with van der Waals surface area (Å²) in [5.41, 5.74) is 2.49. The Hall–Kier alpha value is -3.27. The molecule has 0 fully saturated rings. The van der Waals surface area contributed by atoms with Crippen molar-refractivity contribution in [1.82, 2.24) is 0 Å². The van der Waals surface area contributed by atoms with Crippen molar-refractivity contribution in [2.24, 2.45) is 0 Å². The van der Waals surface area contributed by atoms with Crippen LogP contribution >= 0.6 is 0 Å². The van der Waals surface area contributed by atoms with Crippen molar-refractivity contribution in [3.63, 3.8) is 0 Å². The second kappa shape index (κ2) is 10.9. The fourth-order valence-corrected chi connectivity index (χ4v) is 2.86. The maximum absolute atomic E-state index is 12.6. The smallest absolute Gasteiger partial charge is 0.255 e. The molecule has 1 N–H and O–H groups in total. The number of carbonyl (C=O) groups excluding carboxylic acids is 1. The maximum Gasteiger partial charge on any atom is 0.255 e. The van der Waals surface area contributed by atoms with Gasteiger partial charge in [0.1, 0.15) is 11.5 Å². The fourth-order valence-electron chi connectivity index (χ4n) is 2.86. The van der Waals surface area contributed by atoms with Gasteiger partial charge >= 0.3 is 0 Å². The fraction of sp³-hybridized carbons (Fsp3) is 0.240. The molecule has 0 atom stereocenters. The molecule has 4 heteroatoms. The summed E-state index contributed by atoms with van der Waals surface area (Å²) in [6, 6.07) is 24.9. The Labute approximate surface area is 172 Å². The van der Waals surface area contributed by atoms with Gasteiger partial charge in [-0.3, -0.25) is 4.79 Å². The Bertz CT molecular complexity index is 909. The molecule has 150 valence electrons. The van der Waals surface area contributed by atoms with Crippen molar-refractivity contribution in [3.05, 3.63) is 90.0 Å². The molecule has 0 saturated carbocycles. The Morgan fingerprint density at radius 3 is 2.34 bits per heavy atom. The zero-order valence-corrected chi connectivity index (χ0v) is 16.8. The molecule has 3 aromatic carbocycles. The summed E-state index contributed by atoms with van der Waals surface area (Å²) in [5.74, 6) is 1.27. The summed E-state index contributed by atoms with van der Waals surface area (Å²) in [7, 11) is 0. The zero-order chi connectivity index (χ0) is 20.3. The first-order chi connectivity index (χ1) is 14.2. The topological polar surface area (TPSA) is 47.6 Å². The molecular weight excluding hydrogens is 362 g/mol. The normalized spacial score (nSPS) is 10.4. The van der Waals surface area contributed by atoms with Crippen LogP contribution < -0.4 is 14.8 Å². The summed E-state index contributed by atoms with van der Waals surface area (Å²) in [4.78, 5) is 12.6. The molecule has 0 aliphatic carbocycles. The first kappa shape index (κ1) is 20.5. The Balaban J connectivity index is 1.55. The minimum absolute atomic E-state index is 0.177. The minimum atomic E-state index is -0.177. The van der Waals surface area contributed by atoms with Gasteiger partial charge < -0.3 is 14.8 Å². The average molecular weight is 389 g/mol. The second-order valence-corrected chi connectivity index (χ2v) is 6.80. The molecule has 0 heterocycles. The summed E-state index contributed by atoms with van der Waals surface area (Å²) in [5, 5.41) is 2.92. The van der Waals surface area contributed by atoms with Crippen molar-refractivity contribution < 1.29 is 14.3 Å². The van der Waals surface area contributed by atoms with Gasteiger partial charge in [-0.05, 0) is 42.3 Å². The highest BCUT2D eigenvalue weighted by atomic mass is 16.5.